The van der Waals surface area contributed by atoms with Gasteiger partial charge in [0.2, 0.25) is 0 Å². The molecule has 0 aliphatic heterocycles. The molecule has 0 nitrogen and oxygen atoms in total. The monoisotopic (exact) mass is 188 g/mol. The van der Waals surface area contributed by atoms with Gasteiger partial charge in [-0.25, -0.2) is 0 Å². The molecule has 1 aromatic rings. The first-order valence-corrected chi connectivity index (χ1v) is 4.76. The molecule has 0 amide bonds. The summed E-state index contributed by atoms with van der Waals surface area (Å²) in [6.07, 6.45) is 0. The fourth-order valence-corrected chi connectivity index (χ4v) is 1.28. The number of hydrogen-bond acceptors (Lipinski definition) is 0. The van der Waals surface area contributed by atoms with E-state index in [1.165, 1.54) is 9.68 Å². The number of rotatable bonds is 1. The molecule has 50 valence electrons. The summed E-state index contributed by atoms with van der Waals surface area (Å²) in [5.41, 5.74) is 1.43. The Hall–Kier alpha value is -0.144. The molecule has 0 atom stereocenters. The Morgan fingerprint density at radius 2 is 1.60 bits per heavy atom. The van der Waals surface area contributed by atoms with Crippen molar-refractivity contribution in [2.75, 3.05) is 0 Å². The first-order valence-electron chi connectivity index (χ1n) is 3.55. The summed E-state index contributed by atoms with van der Waals surface area (Å²) in [5.74, 6) is 0.660. The number of benzene rings is 1. The summed E-state index contributed by atoms with van der Waals surface area (Å²) >= 11 is 1.69. The molecule has 0 spiro atoms. The van der Waals surface area contributed by atoms with Gasteiger partial charge in [0, 0.05) is 0 Å². The van der Waals surface area contributed by atoms with Crippen LogP contribution in [0.4, 0.5) is 0 Å². The Morgan fingerprint density at radius 3 is 2.00 bits per heavy atom. The van der Waals surface area contributed by atoms with Gasteiger partial charge in [0.05, 0.1) is 0 Å². The van der Waals surface area contributed by atoms with E-state index in [0.29, 0.717) is 5.92 Å². The van der Waals surface area contributed by atoms with Gasteiger partial charge in [0.25, 0.3) is 0 Å². The van der Waals surface area contributed by atoms with E-state index in [2.05, 4.69) is 38.1 Å². The zero-order chi connectivity index (χ0) is 7.56. The number of hydrogen-bond donors (Lipinski definition) is 0. The predicted octanol–water partition coefficient (Wildman–Crippen LogP) is 1.60. The van der Waals surface area contributed by atoms with Crippen LogP contribution in [0.25, 0.3) is 0 Å². The van der Waals surface area contributed by atoms with Crippen LogP contribution >= 0.6 is 0 Å². The van der Waals surface area contributed by atoms with E-state index >= 15 is 0 Å². The van der Waals surface area contributed by atoms with Crippen LogP contribution in [0, 0.1) is 0 Å². The summed E-state index contributed by atoms with van der Waals surface area (Å²) in [6, 6.07) is 8.80. The molecule has 0 fully saturated rings. The average molecular weight is 189 g/mol. The molecule has 0 heterocycles. The van der Waals surface area contributed by atoms with Crippen LogP contribution in [0.2, 0.25) is 0 Å². The van der Waals surface area contributed by atoms with Gasteiger partial charge in [0.1, 0.15) is 0 Å². The third-order valence-corrected chi connectivity index (χ3v) is 2.41. The van der Waals surface area contributed by atoms with E-state index in [0.717, 1.165) is 0 Å². The average Bonchev–Trinajstić information content (AvgIpc) is 1.88. The molecule has 1 rings (SSSR count). The van der Waals surface area contributed by atoms with Gasteiger partial charge in [-0.05, 0) is 0 Å². The standard InChI is InChI=1S/C9H11.Ga/c1-8(2)9-6-4-3-5-7-9;/h4-8H,1-2H3;. The van der Waals surface area contributed by atoms with Crippen molar-refractivity contribution in [1.29, 1.82) is 0 Å². The maximum absolute atomic E-state index is 2.22. The predicted molar refractivity (Wildman–Crippen MR) is 45.9 cm³/mol. The van der Waals surface area contributed by atoms with Crippen LogP contribution in [-0.4, -0.2) is 18.6 Å². The van der Waals surface area contributed by atoms with Crippen molar-refractivity contribution in [3.05, 3.63) is 29.8 Å². The van der Waals surface area contributed by atoms with Crippen molar-refractivity contribution >= 4 is 22.7 Å². The molecule has 0 saturated heterocycles. The zero-order valence-electron chi connectivity index (χ0n) is 6.46. The normalized spacial score (nSPS) is 10.3. The topological polar surface area (TPSA) is 0 Å². The van der Waals surface area contributed by atoms with Crippen molar-refractivity contribution in [2.45, 2.75) is 19.8 Å². The molecule has 0 aliphatic carbocycles. The van der Waals surface area contributed by atoms with Crippen molar-refractivity contribution in [3.63, 3.8) is 0 Å². The van der Waals surface area contributed by atoms with Crippen molar-refractivity contribution < 1.29 is 0 Å². The SMILES string of the molecule is CC(C)c1cc[c]([Ga])cc1. The Bertz CT molecular complexity index is 198. The van der Waals surface area contributed by atoms with Crippen LogP contribution in [0.15, 0.2) is 24.3 Å². The molecular formula is C9H11Ga. The molecule has 10 heavy (non-hydrogen) atoms. The summed E-state index contributed by atoms with van der Waals surface area (Å²) in [6.45, 7) is 4.44. The van der Waals surface area contributed by atoms with Gasteiger partial charge in [-0.2, -0.15) is 0 Å². The van der Waals surface area contributed by atoms with E-state index < -0.39 is 0 Å². The molecule has 0 aromatic heterocycles. The third kappa shape index (κ3) is 1.92. The molecule has 0 N–H and O–H groups in total. The summed E-state index contributed by atoms with van der Waals surface area (Å²) in [4.78, 5) is 0. The minimum atomic E-state index is 0.660. The van der Waals surface area contributed by atoms with Crippen molar-refractivity contribution in [1.82, 2.24) is 0 Å². The first kappa shape index (κ1) is 7.96. The van der Waals surface area contributed by atoms with Crippen LogP contribution in [0.3, 0.4) is 0 Å². The van der Waals surface area contributed by atoms with E-state index in [-0.39, 0.29) is 0 Å². The van der Waals surface area contributed by atoms with Crippen LogP contribution in [0.5, 0.6) is 0 Å². The van der Waals surface area contributed by atoms with Gasteiger partial charge in [-0.15, -0.1) is 0 Å². The first-order chi connectivity index (χ1) is 4.70. The summed E-state index contributed by atoms with van der Waals surface area (Å²) in [5, 5.41) is 0. The van der Waals surface area contributed by atoms with Gasteiger partial charge in [-0.3, -0.25) is 0 Å². The maximum atomic E-state index is 2.22. The molecule has 0 unspecified atom stereocenters. The quantitative estimate of drug-likeness (QED) is 0.588. The van der Waals surface area contributed by atoms with Crippen molar-refractivity contribution in [3.8, 4) is 0 Å². The van der Waals surface area contributed by atoms with Crippen LogP contribution in [0.1, 0.15) is 25.3 Å². The summed E-state index contributed by atoms with van der Waals surface area (Å²) < 4.78 is 1.40. The molecule has 0 bridgehead atoms. The second-order valence-electron chi connectivity index (χ2n) is 2.82. The van der Waals surface area contributed by atoms with Crippen LogP contribution < -0.4 is 4.12 Å². The second-order valence-corrected chi connectivity index (χ2v) is 4.22. The van der Waals surface area contributed by atoms with Gasteiger partial charge in [-0.1, -0.05) is 0 Å². The summed E-state index contributed by atoms with van der Waals surface area (Å²) in [7, 11) is 0. The zero-order valence-corrected chi connectivity index (χ0v) is 8.89. The van der Waals surface area contributed by atoms with E-state index in [1.807, 2.05) is 0 Å². The Morgan fingerprint density at radius 1 is 1.10 bits per heavy atom. The second kappa shape index (κ2) is 3.31. The fraction of sp³-hybridized carbons (Fsp3) is 0.333. The van der Waals surface area contributed by atoms with Crippen molar-refractivity contribution in [2.24, 2.45) is 0 Å². The molecule has 2 radical (unpaired) electrons. The van der Waals surface area contributed by atoms with Crippen LogP contribution in [-0.2, 0) is 0 Å². The Labute approximate surface area is 72.6 Å². The molecule has 0 aliphatic rings. The molecule has 0 saturated carbocycles. The van der Waals surface area contributed by atoms with E-state index in [1.54, 1.807) is 18.6 Å². The van der Waals surface area contributed by atoms with Gasteiger partial charge >= 0.3 is 72.3 Å². The Balaban J connectivity index is 2.89. The van der Waals surface area contributed by atoms with Gasteiger partial charge < -0.3 is 0 Å². The third-order valence-electron chi connectivity index (χ3n) is 1.60. The van der Waals surface area contributed by atoms with E-state index in [9.17, 15) is 0 Å². The minimum absolute atomic E-state index is 0.660. The Kier molecular flexibility index (Phi) is 2.63. The molecule has 1 aromatic carbocycles. The van der Waals surface area contributed by atoms with Gasteiger partial charge in [0.15, 0.2) is 0 Å². The molecular weight excluding hydrogens is 178 g/mol. The molecule has 1 heteroatoms. The van der Waals surface area contributed by atoms with E-state index in [4.69, 9.17) is 0 Å². The fourth-order valence-electron chi connectivity index (χ4n) is 0.881.